The van der Waals surface area contributed by atoms with Gasteiger partial charge in [0.15, 0.2) is 0 Å². The molecule has 1 aliphatic rings. The molecule has 1 aromatic carbocycles. The summed E-state index contributed by atoms with van der Waals surface area (Å²) in [6.07, 6.45) is 0.919. The third-order valence-electron chi connectivity index (χ3n) is 5.97. The van der Waals surface area contributed by atoms with Gasteiger partial charge in [0.1, 0.15) is 5.54 Å². The normalized spacial score (nSPS) is 17.4. The number of para-hydroxylation sites is 1. The lowest BCUT2D eigenvalue weighted by atomic mass is 9.74. The second-order valence-electron chi connectivity index (χ2n) is 9.61. The summed E-state index contributed by atoms with van der Waals surface area (Å²) in [6, 6.07) is 6.65. The first-order chi connectivity index (χ1) is 15.6. The Morgan fingerprint density at radius 1 is 1.27 bits per heavy atom. The Hall–Kier alpha value is -3.23. The van der Waals surface area contributed by atoms with Crippen molar-refractivity contribution >= 4 is 24.0 Å². The number of aromatic nitrogens is 2. The van der Waals surface area contributed by atoms with Crippen LogP contribution >= 0.6 is 0 Å². The number of benzene rings is 1. The van der Waals surface area contributed by atoms with Crippen LogP contribution in [-0.2, 0) is 21.4 Å². The van der Waals surface area contributed by atoms with Crippen LogP contribution in [0.4, 0.5) is 10.5 Å². The predicted octanol–water partition coefficient (Wildman–Crippen LogP) is 3.67. The van der Waals surface area contributed by atoms with Gasteiger partial charge in [-0.1, -0.05) is 59.7 Å². The van der Waals surface area contributed by atoms with E-state index < -0.39 is 34.8 Å². The molecule has 0 bridgehead atoms. The topological polar surface area (TPSA) is 115 Å². The molecule has 2 amide bonds. The monoisotopic (exact) mass is 456 g/mol. The zero-order chi connectivity index (χ0) is 24.4. The number of amides is 2. The lowest BCUT2D eigenvalue weighted by molar-refractivity contribution is -0.111. The van der Waals surface area contributed by atoms with Crippen LogP contribution in [0.5, 0.6) is 0 Å². The molecule has 0 fully saturated rings. The summed E-state index contributed by atoms with van der Waals surface area (Å²) < 4.78 is 11.2. The lowest BCUT2D eigenvalue weighted by Gasteiger charge is -2.43. The third-order valence-corrected chi connectivity index (χ3v) is 5.97. The molecule has 178 valence electrons. The quantitative estimate of drug-likeness (QED) is 0.476. The van der Waals surface area contributed by atoms with Crippen LogP contribution in [-0.4, -0.2) is 46.7 Å². The molecule has 33 heavy (non-hydrogen) atoms. The molecule has 1 unspecified atom stereocenters. The first-order valence-corrected chi connectivity index (χ1v) is 11.2. The van der Waals surface area contributed by atoms with E-state index in [1.807, 2.05) is 65.8 Å². The largest absolute Gasteiger partial charge is 0.449 e. The zero-order valence-corrected chi connectivity index (χ0v) is 20.0. The van der Waals surface area contributed by atoms with Crippen LogP contribution in [0.15, 0.2) is 28.7 Å². The van der Waals surface area contributed by atoms with Crippen LogP contribution in [0.3, 0.4) is 0 Å². The summed E-state index contributed by atoms with van der Waals surface area (Å²) in [7, 11) is 0. The first kappa shape index (κ1) is 24.4. The van der Waals surface area contributed by atoms with Gasteiger partial charge >= 0.3 is 6.09 Å². The third kappa shape index (κ3) is 4.36. The first-order valence-electron chi connectivity index (χ1n) is 11.2. The summed E-state index contributed by atoms with van der Waals surface area (Å²) >= 11 is 0. The van der Waals surface area contributed by atoms with Gasteiger partial charge in [-0.15, -0.1) is 10.2 Å². The fourth-order valence-electron chi connectivity index (χ4n) is 4.25. The van der Waals surface area contributed by atoms with E-state index in [0.717, 1.165) is 5.56 Å². The molecule has 0 saturated carbocycles. The van der Waals surface area contributed by atoms with Gasteiger partial charge in [-0.3, -0.25) is 14.5 Å². The number of carbonyl (C=O) groups excluding carboxylic acids is 3. The van der Waals surface area contributed by atoms with Gasteiger partial charge in [-0.05, 0) is 30.4 Å². The van der Waals surface area contributed by atoms with Crippen molar-refractivity contribution in [3.05, 3.63) is 41.6 Å². The number of anilines is 1. The minimum Gasteiger partial charge on any atom is -0.449 e. The van der Waals surface area contributed by atoms with Crippen molar-refractivity contribution in [2.45, 2.75) is 71.4 Å². The minimum atomic E-state index is -1.52. The number of fused-ring (bicyclic) bond motifs is 1. The predicted molar refractivity (Wildman–Crippen MR) is 122 cm³/mol. The average molecular weight is 457 g/mol. The SMILES string of the molecule is CCCOC(=O)N1c2ccccc2C[C@H]1C(NC=O)(C(=O)c1nnc(C(C)(C)C)o1)C(C)C. The van der Waals surface area contributed by atoms with E-state index in [0.29, 0.717) is 30.8 Å². The molecular formula is C24H32N4O5. The van der Waals surface area contributed by atoms with Gasteiger partial charge in [0.25, 0.3) is 5.89 Å². The molecule has 2 aromatic rings. The van der Waals surface area contributed by atoms with E-state index in [1.165, 1.54) is 4.90 Å². The average Bonchev–Trinajstić information content (AvgIpc) is 3.40. The van der Waals surface area contributed by atoms with Crippen molar-refractivity contribution in [2.75, 3.05) is 11.5 Å². The molecule has 2 atom stereocenters. The van der Waals surface area contributed by atoms with E-state index in [9.17, 15) is 14.4 Å². The number of Topliss-reactive ketones (excluding diaryl/α,β-unsaturated/α-hetero) is 1. The number of rotatable bonds is 8. The summed E-state index contributed by atoms with van der Waals surface area (Å²) in [5, 5.41) is 10.8. The zero-order valence-electron chi connectivity index (χ0n) is 20.0. The highest BCUT2D eigenvalue weighted by molar-refractivity contribution is 6.04. The summed E-state index contributed by atoms with van der Waals surface area (Å²) in [5.74, 6) is -0.857. The minimum absolute atomic E-state index is 0.208. The van der Waals surface area contributed by atoms with Crippen molar-refractivity contribution in [1.29, 1.82) is 0 Å². The van der Waals surface area contributed by atoms with E-state index in [4.69, 9.17) is 9.15 Å². The van der Waals surface area contributed by atoms with Crippen LogP contribution in [0.25, 0.3) is 0 Å². The van der Waals surface area contributed by atoms with E-state index in [2.05, 4.69) is 15.5 Å². The molecular weight excluding hydrogens is 424 g/mol. The number of carbonyl (C=O) groups is 3. The highest BCUT2D eigenvalue weighted by Gasteiger charge is 2.56. The Bertz CT molecular complexity index is 1030. The van der Waals surface area contributed by atoms with Gasteiger partial charge in [0.05, 0.1) is 18.3 Å². The van der Waals surface area contributed by atoms with Crippen LogP contribution in [0.1, 0.15) is 70.1 Å². The molecule has 2 heterocycles. The number of ketones is 1. The highest BCUT2D eigenvalue weighted by Crippen LogP contribution is 2.41. The van der Waals surface area contributed by atoms with Crippen molar-refractivity contribution in [3.8, 4) is 0 Å². The molecule has 9 nitrogen and oxygen atoms in total. The van der Waals surface area contributed by atoms with Crippen LogP contribution < -0.4 is 10.2 Å². The maximum Gasteiger partial charge on any atom is 0.414 e. The van der Waals surface area contributed by atoms with Gasteiger partial charge in [-0.2, -0.15) is 0 Å². The summed E-state index contributed by atoms with van der Waals surface area (Å²) in [5.41, 5.74) is -0.449. The standard InChI is InChI=1S/C24H32N4O5/c1-7-12-32-22(31)28-17-11-9-8-10-16(17)13-18(28)24(15(2)3,25-14-29)19(30)20-26-27-21(33-20)23(4,5)6/h8-11,14-15,18H,7,12-13H2,1-6H3,(H,25,29)/t18-,24?/m0/s1. The second-order valence-corrected chi connectivity index (χ2v) is 9.61. The number of hydrogen-bond donors (Lipinski definition) is 1. The second kappa shape index (κ2) is 9.33. The molecule has 0 aliphatic carbocycles. The smallest absolute Gasteiger partial charge is 0.414 e. The molecule has 0 spiro atoms. The Balaban J connectivity index is 2.14. The van der Waals surface area contributed by atoms with E-state index >= 15 is 0 Å². The van der Waals surface area contributed by atoms with E-state index in [-0.39, 0.29) is 12.5 Å². The van der Waals surface area contributed by atoms with Crippen molar-refractivity contribution < 1.29 is 23.5 Å². The number of hydrogen-bond acceptors (Lipinski definition) is 7. The highest BCUT2D eigenvalue weighted by atomic mass is 16.6. The van der Waals surface area contributed by atoms with Crippen LogP contribution in [0.2, 0.25) is 0 Å². The molecule has 1 aliphatic heterocycles. The number of ether oxygens (including phenoxy) is 1. The lowest BCUT2D eigenvalue weighted by Crippen LogP contribution is -2.68. The Morgan fingerprint density at radius 3 is 2.55 bits per heavy atom. The molecule has 1 N–H and O–H groups in total. The van der Waals surface area contributed by atoms with Crippen molar-refractivity contribution in [3.63, 3.8) is 0 Å². The van der Waals surface area contributed by atoms with Crippen LogP contribution in [0, 0.1) is 5.92 Å². The Kier molecular flexibility index (Phi) is 6.90. The Labute approximate surface area is 193 Å². The van der Waals surface area contributed by atoms with Gasteiger partial charge in [-0.25, -0.2) is 4.79 Å². The molecule has 0 saturated heterocycles. The fraction of sp³-hybridized carbons (Fsp3) is 0.542. The number of nitrogens with zero attached hydrogens (tertiary/aromatic N) is 3. The molecule has 9 heteroatoms. The van der Waals surface area contributed by atoms with E-state index in [1.54, 1.807) is 0 Å². The van der Waals surface area contributed by atoms with Crippen molar-refractivity contribution in [1.82, 2.24) is 15.5 Å². The maximum absolute atomic E-state index is 14.0. The number of nitrogens with one attached hydrogen (secondary N) is 1. The van der Waals surface area contributed by atoms with Gasteiger partial charge in [0.2, 0.25) is 18.1 Å². The summed E-state index contributed by atoms with van der Waals surface area (Å²) in [6.45, 7) is 11.5. The summed E-state index contributed by atoms with van der Waals surface area (Å²) in [4.78, 5) is 40.4. The molecule has 3 rings (SSSR count). The Morgan fingerprint density at radius 2 is 1.97 bits per heavy atom. The molecule has 0 radical (unpaired) electrons. The van der Waals surface area contributed by atoms with Crippen molar-refractivity contribution in [2.24, 2.45) is 5.92 Å². The van der Waals surface area contributed by atoms with Gasteiger partial charge in [0, 0.05) is 5.41 Å². The fourth-order valence-corrected chi connectivity index (χ4v) is 4.25. The maximum atomic E-state index is 14.0. The van der Waals surface area contributed by atoms with Gasteiger partial charge < -0.3 is 14.5 Å². The molecule has 1 aromatic heterocycles.